The topological polar surface area (TPSA) is 67.6 Å². The van der Waals surface area contributed by atoms with Crippen molar-refractivity contribution in [2.75, 3.05) is 20.6 Å². The molecule has 0 aliphatic heterocycles. The highest BCUT2D eigenvalue weighted by Gasteiger charge is 2.13. The Labute approximate surface area is 143 Å². The fourth-order valence-corrected chi connectivity index (χ4v) is 2.30. The third-order valence-electron chi connectivity index (χ3n) is 3.75. The van der Waals surface area contributed by atoms with Gasteiger partial charge in [0.2, 0.25) is 0 Å². The number of nitrogens with one attached hydrogen (secondary N) is 1. The molecule has 0 radical (unpaired) electrons. The van der Waals surface area contributed by atoms with Gasteiger partial charge >= 0.3 is 0 Å². The van der Waals surface area contributed by atoms with Crippen molar-refractivity contribution in [3.63, 3.8) is 0 Å². The number of aliphatic imine (C=N–C) groups is 1. The van der Waals surface area contributed by atoms with Crippen LogP contribution in [0.25, 0.3) is 0 Å². The molecule has 1 aromatic carbocycles. The highest BCUT2D eigenvalue weighted by molar-refractivity contribution is 5.79. The standard InChI is InChI=1S/C17H26N6O/c1-5-14(24-15-9-7-6-8-10-15)11-19-17(18-2)22(3)12-16-20-13-21-23(16)4/h6-10,13-14H,5,11-12H2,1-4H3,(H,18,19). The molecule has 0 saturated carbocycles. The fraction of sp³-hybridized carbons (Fsp3) is 0.471. The van der Waals surface area contributed by atoms with Crippen LogP contribution < -0.4 is 10.1 Å². The normalized spacial score (nSPS) is 12.8. The summed E-state index contributed by atoms with van der Waals surface area (Å²) in [6.07, 6.45) is 2.54. The van der Waals surface area contributed by atoms with Gasteiger partial charge in [0.25, 0.3) is 0 Å². The fourth-order valence-electron chi connectivity index (χ4n) is 2.30. The summed E-state index contributed by atoms with van der Waals surface area (Å²) in [7, 11) is 5.63. The minimum absolute atomic E-state index is 0.0763. The Balaban J connectivity index is 1.88. The molecule has 0 saturated heterocycles. The molecular weight excluding hydrogens is 304 g/mol. The molecule has 2 aromatic rings. The van der Waals surface area contributed by atoms with Crippen LogP contribution in [0.5, 0.6) is 5.75 Å². The molecule has 7 heteroatoms. The van der Waals surface area contributed by atoms with Gasteiger partial charge in [0, 0.05) is 21.1 Å². The molecule has 24 heavy (non-hydrogen) atoms. The van der Waals surface area contributed by atoms with Crippen molar-refractivity contribution in [3.8, 4) is 5.75 Å². The summed E-state index contributed by atoms with van der Waals surface area (Å²) >= 11 is 0. The molecule has 130 valence electrons. The van der Waals surface area contributed by atoms with Gasteiger partial charge in [0.05, 0.1) is 13.1 Å². The molecule has 0 aliphatic rings. The lowest BCUT2D eigenvalue weighted by Gasteiger charge is -2.24. The zero-order valence-electron chi connectivity index (χ0n) is 14.8. The molecule has 1 unspecified atom stereocenters. The van der Waals surface area contributed by atoms with Gasteiger partial charge in [0.15, 0.2) is 5.96 Å². The average molecular weight is 330 g/mol. The van der Waals surface area contributed by atoms with E-state index < -0.39 is 0 Å². The van der Waals surface area contributed by atoms with Crippen LogP contribution in [0.3, 0.4) is 0 Å². The molecule has 1 heterocycles. The minimum Gasteiger partial charge on any atom is -0.489 e. The number of aryl methyl sites for hydroxylation is 1. The van der Waals surface area contributed by atoms with E-state index in [9.17, 15) is 0 Å². The van der Waals surface area contributed by atoms with Crippen LogP contribution in [-0.4, -0.2) is 52.4 Å². The Hall–Kier alpha value is -2.57. The molecule has 0 aliphatic carbocycles. The molecule has 7 nitrogen and oxygen atoms in total. The van der Waals surface area contributed by atoms with Crippen molar-refractivity contribution in [2.45, 2.75) is 26.0 Å². The van der Waals surface area contributed by atoms with Gasteiger partial charge in [-0.2, -0.15) is 5.10 Å². The van der Waals surface area contributed by atoms with Crippen LogP contribution in [0.15, 0.2) is 41.7 Å². The minimum atomic E-state index is 0.0763. The van der Waals surface area contributed by atoms with Gasteiger partial charge in [-0.25, -0.2) is 4.98 Å². The molecule has 0 amide bonds. The molecule has 1 atom stereocenters. The quantitative estimate of drug-likeness (QED) is 0.618. The van der Waals surface area contributed by atoms with Gasteiger partial charge in [-0.3, -0.25) is 9.67 Å². The van der Waals surface area contributed by atoms with Crippen molar-refractivity contribution in [1.82, 2.24) is 25.0 Å². The van der Waals surface area contributed by atoms with E-state index in [2.05, 4.69) is 27.3 Å². The number of hydrogen-bond donors (Lipinski definition) is 1. The summed E-state index contributed by atoms with van der Waals surface area (Å²) < 4.78 is 7.76. The van der Waals surface area contributed by atoms with E-state index in [4.69, 9.17) is 4.74 Å². The second-order valence-corrected chi connectivity index (χ2v) is 5.55. The second kappa shape index (κ2) is 8.90. The van der Waals surface area contributed by atoms with Crippen molar-refractivity contribution in [3.05, 3.63) is 42.5 Å². The lowest BCUT2D eigenvalue weighted by atomic mass is 10.2. The number of hydrogen-bond acceptors (Lipinski definition) is 4. The summed E-state index contributed by atoms with van der Waals surface area (Å²) in [5.41, 5.74) is 0. The molecule has 0 fully saturated rings. The predicted octanol–water partition coefficient (Wildman–Crippen LogP) is 1.68. The first-order valence-electron chi connectivity index (χ1n) is 8.10. The number of para-hydroxylation sites is 1. The molecular formula is C17H26N6O. The lowest BCUT2D eigenvalue weighted by Crippen LogP contribution is -2.43. The van der Waals surface area contributed by atoms with Crippen LogP contribution in [0.1, 0.15) is 19.2 Å². The van der Waals surface area contributed by atoms with E-state index in [1.54, 1.807) is 18.1 Å². The van der Waals surface area contributed by atoms with Crippen LogP contribution in [-0.2, 0) is 13.6 Å². The van der Waals surface area contributed by atoms with Crippen LogP contribution in [0, 0.1) is 0 Å². The molecule has 2 rings (SSSR count). The maximum Gasteiger partial charge on any atom is 0.193 e. The number of guanidine groups is 1. The van der Waals surface area contributed by atoms with Gasteiger partial charge in [0.1, 0.15) is 24.0 Å². The van der Waals surface area contributed by atoms with Crippen molar-refractivity contribution in [2.24, 2.45) is 12.0 Å². The maximum absolute atomic E-state index is 6.00. The van der Waals surface area contributed by atoms with Gasteiger partial charge in [-0.1, -0.05) is 25.1 Å². The molecule has 0 bridgehead atoms. The van der Waals surface area contributed by atoms with Crippen LogP contribution >= 0.6 is 0 Å². The number of nitrogens with zero attached hydrogens (tertiary/aromatic N) is 5. The van der Waals surface area contributed by atoms with E-state index in [-0.39, 0.29) is 6.10 Å². The smallest absolute Gasteiger partial charge is 0.193 e. The Bertz CT molecular complexity index is 640. The number of aromatic nitrogens is 3. The highest BCUT2D eigenvalue weighted by Crippen LogP contribution is 2.12. The summed E-state index contributed by atoms with van der Waals surface area (Å²) in [5, 5.41) is 7.45. The largest absolute Gasteiger partial charge is 0.489 e. The van der Waals surface area contributed by atoms with Gasteiger partial charge in [-0.05, 0) is 18.6 Å². The van der Waals surface area contributed by atoms with Crippen LogP contribution in [0.4, 0.5) is 0 Å². The maximum atomic E-state index is 6.00. The first-order valence-corrected chi connectivity index (χ1v) is 8.10. The van der Waals surface area contributed by atoms with Gasteiger partial charge in [-0.15, -0.1) is 0 Å². The van der Waals surface area contributed by atoms with E-state index in [0.29, 0.717) is 13.1 Å². The summed E-state index contributed by atoms with van der Waals surface area (Å²) in [4.78, 5) is 10.6. The van der Waals surface area contributed by atoms with E-state index >= 15 is 0 Å². The summed E-state index contributed by atoms with van der Waals surface area (Å²) in [6, 6.07) is 9.87. The monoisotopic (exact) mass is 330 g/mol. The van der Waals surface area contributed by atoms with Crippen molar-refractivity contribution < 1.29 is 4.74 Å². The lowest BCUT2D eigenvalue weighted by molar-refractivity contribution is 0.198. The number of rotatable bonds is 7. The van der Waals surface area contributed by atoms with E-state index in [1.807, 2.05) is 49.3 Å². The Morgan fingerprint density at radius 2 is 2.12 bits per heavy atom. The Morgan fingerprint density at radius 3 is 2.71 bits per heavy atom. The third kappa shape index (κ3) is 4.97. The zero-order valence-corrected chi connectivity index (χ0v) is 14.8. The predicted molar refractivity (Wildman–Crippen MR) is 95.0 cm³/mol. The first kappa shape index (κ1) is 17.8. The summed E-state index contributed by atoms with van der Waals surface area (Å²) in [6.45, 7) is 3.43. The first-order chi connectivity index (χ1) is 11.6. The molecule has 1 N–H and O–H groups in total. The molecule has 0 spiro atoms. The Kier molecular flexibility index (Phi) is 6.60. The molecule has 1 aromatic heterocycles. The Morgan fingerprint density at radius 1 is 1.38 bits per heavy atom. The third-order valence-corrected chi connectivity index (χ3v) is 3.75. The SMILES string of the molecule is CCC(CNC(=NC)N(C)Cc1ncnn1C)Oc1ccccc1. The van der Waals surface area contributed by atoms with Crippen molar-refractivity contribution in [1.29, 1.82) is 0 Å². The summed E-state index contributed by atoms with van der Waals surface area (Å²) in [5.74, 6) is 2.56. The van der Waals surface area contributed by atoms with Crippen molar-refractivity contribution >= 4 is 5.96 Å². The van der Waals surface area contributed by atoms with E-state index in [0.717, 1.165) is 24.0 Å². The van der Waals surface area contributed by atoms with Gasteiger partial charge < -0.3 is 15.0 Å². The number of benzene rings is 1. The number of ether oxygens (including phenoxy) is 1. The van der Waals surface area contributed by atoms with Crippen LogP contribution in [0.2, 0.25) is 0 Å². The second-order valence-electron chi connectivity index (χ2n) is 5.55. The highest BCUT2D eigenvalue weighted by atomic mass is 16.5. The van der Waals surface area contributed by atoms with E-state index in [1.165, 1.54) is 0 Å². The average Bonchev–Trinajstić information content (AvgIpc) is 3.00. The zero-order chi connectivity index (χ0) is 17.4.